The fourth-order valence-corrected chi connectivity index (χ4v) is 3.08. The standard InChI is InChI=1S/C22H25NO7/c1-12-18(22(26)29-6)13(2)23-19(12)20(25)14(3)30-17(24)11-10-15-8-7-9-16(27-4)21(15)28-5/h7-11,14,23H,1-6H3/b11-10+/t14-/m0/s1. The molecule has 0 saturated heterocycles. The van der Waals surface area contributed by atoms with Crippen LogP contribution in [-0.2, 0) is 14.3 Å². The molecule has 30 heavy (non-hydrogen) atoms. The first kappa shape index (κ1) is 22.7. The predicted octanol–water partition coefficient (Wildman–Crippen LogP) is 3.26. The minimum atomic E-state index is -1.06. The van der Waals surface area contributed by atoms with Crippen LogP contribution >= 0.6 is 0 Å². The lowest BCUT2D eigenvalue weighted by atomic mass is 10.1. The first-order valence-corrected chi connectivity index (χ1v) is 9.16. The number of nitrogens with one attached hydrogen (secondary N) is 1. The number of rotatable bonds is 8. The van der Waals surface area contributed by atoms with E-state index in [9.17, 15) is 14.4 Å². The molecule has 0 saturated carbocycles. The summed E-state index contributed by atoms with van der Waals surface area (Å²) in [6, 6.07) is 5.24. The molecule has 1 aromatic carbocycles. The van der Waals surface area contributed by atoms with E-state index in [1.165, 1.54) is 40.4 Å². The van der Waals surface area contributed by atoms with Gasteiger partial charge in [0.15, 0.2) is 17.6 Å². The summed E-state index contributed by atoms with van der Waals surface area (Å²) in [5.74, 6) is -0.696. The van der Waals surface area contributed by atoms with Gasteiger partial charge in [-0.1, -0.05) is 12.1 Å². The Labute approximate surface area is 174 Å². The van der Waals surface area contributed by atoms with E-state index in [4.69, 9.17) is 18.9 Å². The Morgan fingerprint density at radius 3 is 2.37 bits per heavy atom. The maximum absolute atomic E-state index is 12.7. The molecule has 0 aliphatic heterocycles. The van der Waals surface area contributed by atoms with E-state index < -0.39 is 23.8 Å². The van der Waals surface area contributed by atoms with E-state index in [0.717, 1.165) is 0 Å². The van der Waals surface area contributed by atoms with Crippen molar-refractivity contribution in [1.29, 1.82) is 0 Å². The zero-order valence-electron chi connectivity index (χ0n) is 17.8. The second-order valence-corrected chi connectivity index (χ2v) is 6.48. The van der Waals surface area contributed by atoms with Gasteiger partial charge in [-0.05, 0) is 38.5 Å². The molecule has 0 amide bonds. The van der Waals surface area contributed by atoms with Gasteiger partial charge in [-0.15, -0.1) is 0 Å². The van der Waals surface area contributed by atoms with Crippen LogP contribution in [0.3, 0.4) is 0 Å². The zero-order chi connectivity index (χ0) is 22.4. The number of carbonyl (C=O) groups excluding carboxylic acids is 3. The normalized spacial score (nSPS) is 11.8. The third-order valence-electron chi connectivity index (χ3n) is 4.57. The summed E-state index contributed by atoms with van der Waals surface area (Å²) < 4.78 is 20.5. The van der Waals surface area contributed by atoms with Crippen LogP contribution in [0.15, 0.2) is 24.3 Å². The molecule has 1 N–H and O–H groups in total. The topological polar surface area (TPSA) is 104 Å². The van der Waals surface area contributed by atoms with Gasteiger partial charge in [0.25, 0.3) is 0 Å². The molecule has 0 radical (unpaired) electrons. The fourth-order valence-electron chi connectivity index (χ4n) is 3.08. The number of hydrogen-bond acceptors (Lipinski definition) is 7. The van der Waals surface area contributed by atoms with Crippen molar-refractivity contribution in [2.45, 2.75) is 26.9 Å². The number of aromatic nitrogens is 1. The van der Waals surface area contributed by atoms with Crippen molar-refractivity contribution in [3.05, 3.63) is 52.4 Å². The third-order valence-corrected chi connectivity index (χ3v) is 4.57. The maximum atomic E-state index is 12.7. The average molecular weight is 415 g/mol. The van der Waals surface area contributed by atoms with Gasteiger partial charge in [0.05, 0.1) is 32.6 Å². The number of aryl methyl sites for hydroxylation is 1. The lowest BCUT2D eigenvalue weighted by molar-refractivity contribution is -0.140. The van der Waals surface area contributed by atoms with Crippen LogP contribution in [0.25, 0.3) is 6.08 Å². The van der Waals surface area contributed by atoms with E-state index in [1.54, 1.807) is 32.0 Å². The van der Waals surface area contributed by atoms with Crippen LogP contribution in [0.5, 0.6) is 11.5 Å². The summed E-state index contributed by atoms with van der Waals surface area (Å²) in [5, 5.41) is 0. The zero-order valence-corrected chi connectivity index (χ0v) is 17.8. The highest BCUT2D eigenvalue weighted by atomic mass is 16.5. The van der Waals surface area contributed by atoms with Gasteiger partial charge in [-0.3, -0.25) is 4.79 Å². The minimum Gasteiger partial charge on any atom is -0.493 e. The molecule has 0 fully saturated rings. The van der Waals surface area contributed by atoms with Crippen molar-refractivity contribution < 1.29 is 33.3 Å². The van der Waals surface area contributed by atoms with Crippen LogP contribution < -0.4 is 9.47 Å². The molecule has 1 heterocycles. The highest BCUT2D eigenvalue weighted by Gasteiger charge is 2.27. The number of Topliss-reactive ketones (excluding diaryl/α,β-unsaturated/α-hetero) is 1. The lowest BCUT2D eigenvalue weighted by Crippen LogP contribution is -2.24. The Balaban J connectivity index is 2.14. The fraction of sp³-hybridized carbons (Fsp3) is 0.318. The van der Waals surface area contributed by atoms with Crippen molar-refractivity contribution in [2.75, 3.05) is 21.3 Å². The molecule has 160 valence electrons. The van der Waals surface area contributed by atoms with Gasteiger partial charge in [-0.2, -0.15) is 0 Å². The molecule has 0 spiro atoms. The summed E-state index contributed by atoms with van der Waals surface area (Å²) in [4.78, 5) is 39.7. The Morgan fingerprint density at radius 2 is 1.77 bits per heavy atom. The van der Waals surface area contributed by atoms with Gasteiger partial charge in [0.1, 0.15) is 0 Å². The van der Waals surface area contributed by atoms with Gasteiger partial charge in [0.2, 0.25) is 5.78 Å². The Kier molecular flexibility index (Phi) is 7.41. The van der Waals surface area contributed by atoms with Crippen LogP contribution in [0.4, 0.5) is 0 Å². The SMILES string of the molecule is COC(=O)c1c(C)[nH]c(C(=O)[C@H](C)OC(=O)/C=C/c2cccc(OC)c2OC)c1C. The molecule has 8 nitrogen and oxygen atoms in total. The first-order chi connectivity index (χ1) is 14.2. The first-order valence-electron chi connectivity index (χ1n) is 9.16. The number of hydrogen-bond donors (Lipinski definition) is 1. The Morgan fingerprint density at radius 1 is 1.07 bits per heavy atom. The molecule has 8 heteroatoms. The summed E-state index contributed by atoms with van der Waals surface area (Å²) in [6.07, 6.45) is 1.66. The number of H-pyrrole nitrogens is 1. The number of para-hydroxylation sites is 1. The van der Waals surface area contributed by atoms with Crippen LogP contribution in [-0.4, -0.2) is 50.1 Å². The van der Waals surface area contributed by atoms with Gasteiger partial charge >= 0.3 is 11.9 Å². The van der Waals surface area contributed by atoms with Crippen molar-refractivity contribution in [3.8, 4) is 11.5 Å². The predicted molar refractivity (Wildman–Crippen MR) is 110 cm³/mol. The van der Waals surface area contributed by atoms with Crippen LogP contribution in [0.1, 0.15) is 44.6 Å². The van der Waals surface area contributed by atoms with Crippen LogP contribution in [0.2, 0.25) is 0 Å². The number of benzene rings is 1. The number of carbonyl (C=O) groups is 3. The smallest absolute Gasteiger partial charge is 0.339 e. The Bertz CT molecular complexity index is 988. The molecule has 2 rings (SSSR count). The highest BCUT2D eigenvalue weighted by molar-refractivity contribution is 6.04. The molecule has 0 aliphatic carbocycles. The lowest BCUT2D eigenvalue weighted by Gasteiger charge is -2.11. The number of aromatic amines is 1. The number of methoxy groups -OCH3 is 3. The molecule has 0 aliphatic rings. The summed E-state index contributed by atoms with van der Waals surface area (Å²) in [6.45, 7) is 4.76. The molecule has 1 aromatic heterocycles. The molecule has 1 atom stereocenters. The largest absolute Gasteiger partial charge is 0.493 e. The molecule has 0 bridgehead atoms. The van der Waals surface area contributed by atoms with E-state index >= 15 is 0 Å². The van der Waals surface area contributed by atoms with E-state index in [-0.39, 0.29) is 5.69 Å². The Hall–Kier alpha value is -3.55. The second-order valence-electron chi connectivity index (χ2n) is 6.48. The third kappa shape index (κ3) is 4.71. The molecule has 0 unspecified atom stereocenters. The van der Waals surface area contributed by atoms with Gasteiger partial charge in [0, 0.05) is 17.3 Å². The molecule has 2 aromatic rings. The molecular weight excluding hydrogens is 390 g/mol. The van der Waals surface area contributed by atoms with Gasteiger partial charge in [-0.25, -0.2) is 9.59 Å². The van der Waals surface area contributed by atoms with Crippen molar-refractivity contribution >= 4 is 23.8 Å². The molecular formula is C22H25NO7. The van der Waals surface area contributed by atoms with Crippen molar-refractivity contribution in [1.82, 2.24) is 4.98 Å². The summed E-state index contributed by atoms with van der Waals surface area (Å²) >= 11 is 0. The van der Waals surface area contributed by atoms with Crippen LogP contribution in [0, 0.1) is 13.8 Å². The maximum Gasteiger partial charge on any atom is 0.339 e. The summed E-state index contributed by atoms with van der Waals surface area (Å²) in [5.41, 5.74) is 2.07. The number of ether oxygens (including phenoxy) is 4. The van der Waals surface area contributed by atoms with E-state index in [2.05, 4.69) is 4.98 Å². The number of ketones is 1. The van der Waals surface area contributed by atoms with E-state index in [0.29, 0.717) is 33.9 Å². The monoisotopic (exact) mass is 415 g/mol. The van der Waals surface area contributed by atoms with Crippen molar-refractivity contribution in [2.24, 2.45) is 0 Å². The highest BCUT2D eigenvalue weighted by Crippen LogP contribution is 2.31. The second kappa shape index (κ2) is 9.78. The van der Waals surface area contributed by atoms with Gasteiger partial charge < -0.3 is 23.9 Å². The quantitative estimate of drug-likeness (QED) is 0.401. The van der Waals surface area contributed by atoms with E-state index in [1.807, 2.05) is 0 Å². The summed E-state index contributed by atoms with van der Waals surface area (Å²) in [7, 11) is 4.28. The van der Waals surface area contributed by atoms with Crippen molar-refractivity contribution in [3.63, 3.8) is 0 Å². The number of esters is 2. The minimum absolute atomic E-state index is 0.201. The average Bonchev–Trinajstić information content (AvgIpc) is 3.04.